The fourth-order valence-electron chi connectivity index (χ4n) is 2.00. The average molecular weight is 329 g/mol. The second-order valence-electron chi connectivity index (χ2n) is 5.10. The number of nitrogens with zero attached hydrogens (tertiary/aromatic N) is 1. The normalized spacial score (nSPS) is 11.7. The zero-order valence-electron chi connectivity index (χ0n) is 13.1. The van der Waals surface area contributed by atoms with Gasteiger partial charge in [-0.25, -0.2) is 13.6 Å². The van der Waals surface area contributed by atoms with Crippen LogP contribution in [0.4, 0.5) is 5.69 Å². The molecule has 0 heterocycles. The molecular weight excluding hydrogens is 306 g/mol. The molecule has 4 N–H and O–H groups in total. The van der Waals surface area contributed by atoms with E-state index in [1.165, 1.54) is 12.1 Å². The molecule has 7 nitrogen and oxygen atoms in total. The van der Waals surface area contributed by atoms with Crippen LogP contribution in [0.1, 0.15) is 18.1 Å². The van der Waals surface area contributed by atoms with Crippen LogP contribution < -0.4 is 10.5 Å². The monoisotopic (exact) mass is 329 g/mol. The molecule has 0 atom stereocenters. The summed E-state index contributed by atoms with van der Waals surface area (Å²) in [4.78, 5) is 13.8. The van der Waals surface area contributed by atoms with E-state index >= 15 is 0 Å². The molecule has 0 saturated carbocycles. The molecule has 22 heavy (non-hydrogen) atoms. The molecule has 8 heteroatoms. The minimum absolute atomic E-state index is 0.0276. The highest BCUT2D eigenvalue weighted by molar-refractivity contribution is 7.89. The number of anilines is 1. The fourth-order valence-corrected chi connectivity index (χ4v) is 2.63. The van der Waals surface area contributed by atoms with Crippen LogP contribution in [0, 0.1) is 13.8 Å². The number of sulfonamides is 1. The number of carbonyl (C=O) groups excluding carboxylic acids is 1. The number of nitrogens with one attached hydrogen (secondary N) is 1. The summed E-state index contributed by atoms with van der Waals surface area (Å²) in [6.45, 7) is 6.56. The van der Waals surface area contributed by atoms with Crippen molar-refractivity contribution in [3.63, 3.8) is 0 Å². The summed E-state index contributed by atoms with van der Waals surface area (Å²) in [7, 11) is -3.83. The maximum Gasteiger partial charge on any atom is 0.238 e. The third kappa shape index (κ3) is 5.06. The minimum Gasteiger partial charge on any atom is -0.395 e. The molecule has 1 amide bonds. The van der Waals surface area contributed by atoms with Gasteiger partial charge in [0.05, 0.1) is 18.0 Å². The van der Waals surface area contributed by atoms with Gasteiger partial charge >= 0.3 is 0 Å². The Morgan fingerprint density at radius 1 is 1.36 bits per heavy atom. The zero-order chi connectivity index (χ0) is 16.9. The highest BCUT2D eigenvalue weighted by Gasteiger charge is 2.15. The molecule has 0 aliphatic rings. The topological polar surface area (TPSA) is 113 Å². The van der Waals surface area contributed by atoms with Crippen LogP contribution in [-0.2, 0) is 14.8 Å². The standard InChI is InChI=1S/C14H23N3O4S/c1-4-17(5-6-18)9-14(19)16-13-8-12(22(15,20)21)7-10(2)11(13)3/h7-8,18H,4-6,9H2,1-3H3,(H,16,19)(H2,15,20,21). The van der Waals surface area contributed by atoms with Crippen LogP contribution in [0.25, 0.3) is 0 Å². The number of hydrogen-bond donors (Lipinski definition) is 3. The fraction of sp³-hybridized carbons (Fsp3) is 0.500. The summed E-state index contributed by atoms with van der Waals surface area (Å²) in [6.07, 6.45) is 0. The van der Waals surface area contributed by atoms with E-state index in [1.807, 2.05) is 6.92 Å². The van der Waals surface area contributed by atoms with Crippen LogP contribution in [0.5, 0.6) is 0 Å². The first-order valence-electron chi connectivity index (χ1n) is 6.96. The Morgan fingerprint density at radius 2 is 2.00 bits per heavy atom. The highest BCUT2D eigenvalue weighted by Crippen LogP contribution is 2.23. The number of benzene rings is 1. The predicted molar refractivity (Wildman–Crippen MR) is 85.1 cm³/mol. The molecule has 0 fully saturated rings. The Morgan fingerprint density at radius 3 is 2.50 bits per heavy atom. The predicted octanol–water partition coefficient (Wildman–Crippen LogP) is 0.204. The minimum atomic E-state index is -3.83. The number of hydrogen-bond acceptors (Lipinski definition) is 5. The number of rotatable bonds is 7. The molecule has 1 aromatic carbocycles. The molecule has 0 aromatic heterocycles. The number of amides is 1. The van der Waals surface area contributed by atoms with Crippen molar-refractivity contribution in [3.05, 3.63) is 23.3 Å². The third-order valence-electron chi connectivity index (χ3n) is 3.47. The van der Waals surface area contributed by atoms with Crippen molar-refractivity contribution in [2.24, 2.45) is 5.14 Å². The van der Waals surface area contributed by atoms with E-state index in [9.17, 15) is 13.2 Å². The number of carbonyl (C=O) groups is 1. The summed E-state index contributed by atoms with van der Waals surface area (Å²) in [5.41, 5.74) is 1.93. The maximum atomic E-state index is 12.1. The van der Waals surface area contributed by atoms with Gasteiger partial charge in [0.25, 0.3) is 0 Å². The van der Waals surface area contributed by atoms with Gasteiger partial charge in [0.15, 0.2) is 0 Å². The number of nitrogens with two attached hydrogens (primary N) is 1. The first kappa shape index (κ1) is 18.6. The Hall–Kier alpha value is -1.48. The molecular formula is C14H23N3O4S. The van der Waals surface area contributed by atoms with Gasteiger partial charge in [-0.05, 0) is 43.7 Å². The number of aryl methyl sites for hydroxylation is 1. The quantitative estimate of drug-likeness (QED) is 0.661. The lowest BCUT2D eigenvalue weighted by molar-refractivity contribution is -0.117. The lowest BCUT2D eigenvalue weighted by Crippen LogP contribution is -2.35. The molecule has 1 aromatic rings. The van der Waals surface area contributed by atoms with E-state index in [1.54, 1.807) is 18.7 Å². The molecule has 124 valence electrons. The van der Waals surface area contributed by atoms with Crippen molar-refractivity contribution in [2.75, 3.05) is 31.6 Å². The number of primary sulfonamides is 1. The Kier molecular flexibility index (Phi) is 6.48. The average Bonchev–Trinajstić information content (AvgIpc) is 2.41. The van der Waals surface area contributed by atoms with Gasteiger partial charge < -0.3 is 10.4 Å². The molecule has 1 rings (SSSR count). The third-order valence-corrected chi connectivity index (χ3v) is 4.37. The Labute approximate surface area is 131 Å². The van der Waals surface area contributed by atoms with Crippen molar-refractivity contribution in [1.29, 1.82) is 0 Å². The lowest BCUT2D eigenvalue weighted by atomic mass is 10.1. The van der Waals surface area contributed by atoms with E-state index in [2.05, 4.69) is 5.32 Å². The highest BCUT2D eigenvalue weighted by atomic mass is 32.2. The molecule has 0 saturated heterocycles. The van der Waals surface area contributed by atoms with Gasteiger partial charge in [0.2, 0.25) is 15.9 Å². The molecule has 0 aliphatic carbocycles. The van der Waals surface area contributed by atoms with Crippen molar-refractivity contribution in [1.82, 2.24) is 4.90 Å². The number of aliphatic hydroxyl groups excluding tert-OH is 1. The first-order valence-corrected chi connectivity index (χ1v) is 8.50. The van der Waals surface area contributed by atoms with Crippen molar-refractivity contribution in [2.45, 2.75) is 25.7 Å². The van der Waals surface area contributed by atoms with Crippen LogP contribution in [0.3, 0.4) is 0 Å². The van der Waals surface area contributed by atoms with E-state index in [4.69, 9.17) is 10.2 Å². The smallest absolute Gasteiger partial charge is 0.238 e. The van der Waals surface area contributed by atoms with Crippen molar-refractivity contribution >= 4 is 21.6 Å². The lowest BCUT2D eigenvalue weighted by Gasteiger charge is -2.19. The molecule has 0 unspecified atom stereocenters. The van der Waals surface area contributed by atoms with Crippen LogP contribution in [-0.4, -0.2) is 50.6 Å². The number of likely N-dealkylation sites (N-methyl/N-ethyl adjacent to an activating group) is 1. The van der Waals surface area contributed by atoms with E-state index in [0.717, 1.165) is 11.1 Å². The van der Waals surface area contributed by atoms with Crippen molar-refractivity contribution in [3.8, 4) is 0 Å². The summed E-state index contributed by atoms with van der Waals surface area (Å²) < 4.78 is 22.9. The Bertz CT molecular complexity index is 644. The van der Waals surface area contributed by atoms with Crippen LogP contribution in [0.15, 0.2) is 17.0 Å². The molecule has 0 bridgehead atoms. The zero-order valence-corrected chi connectivity index (χ0v) is 13.9. The van der Waals surface area contributed by atoms with E-state index in [-0.39, 0.29) is 24.0 Å². The SMILES string of the molecule is CCN(CCO)CC(=O)Nc1cc(S(N)(=O)=O)cc(C)c1C. The van der Waals surface area contributed by atoms with Gasteiger partial charge in [-0.1, -0.05) is 6.92 Å². The van der Waals surface area contributed by atoms with Gasteiger partial charge in [0, 0.05) is 12.2 Å². The van der Waals surface area contributed by atoms with Crippen LogP contribution >= 0.6 is 0 Å². The first-order chi connectivity index (χ1) is 10.2. The summed E-state index contributed by atoms with van der Waals surface area (Å²) >= 11 is 0. The van der Waals surface area contributed by atoms with E-state index in [0.29, 0.717) is 18.8 Å². The van der Waals surface area contributed by atoms with Crippen LogP contribution in [0.2, 0.25) is 0 Å². The molecule has 0 spiro atoms. The largest absolute Gasteiger partial charge is 0.395 e. The second-order valence-corrected chi connectivity index (χ2v) is 6.66. The summed E-state index contributed by atoms with van der Waals surface area (Å²) in [5, 5.41) is 16.8. The number of aliphatic hydroxyl groups is 1. The second kappa shape index (κ2) is 7.68. The molecule has 0 aliphatic heterocycles. The van der Waals surface area contributed by atoms with Gasteiger partial charge in [-0.3, -0.25) is 9.69 Å². The Balaban J connectivity index is 2.97. The van der Waals surface area contributed by atoms with Crippen molar-refractivity contribution < 1.29 is 18.3 Å². The summed E-state index contributed by atoms with van der Waals surface area (Å²) in [6, 6.07) is 2.84. The maximum absolute atomic E-state index is 12.1. The van der Waals surface area contributed by atoms with Gasteiger partial charge in [0.1, 0.15) is 0 Å². The molecule has 0 radical (unpaired) electrons. The van der Waals surface area contributed by atoms with Gasteiger partial charge in [-0.15, -0.1) is 0 Å². The summed E-state index contributed by atoms with van der Waals surface area (Å²) in [5.74, 6) is -0.274. The van der Waals surface area contributed by atoms with E-state index < -0.39 is 10.0 Å². The van der Waals surface area contributed by atoms with Gasteiger partial charge in [-0.2, -0.15) is 0 Å².